The molecule has 0 amide bonds. The number of nitrogens with one attached hydrogen (secondary N) is 1. The summed E-state index contributed by atoms with van der Waals surface area (Å²) >= 11 is 1.83. The first kappa shape index (κ1) is 12.9. The normalized spacial score (nSPS) is 31.7. The smallest absolute Gasteiger partial charge is 0.157 e. The number of ether oxygens (including phenoxy) is 1. The predicted octanol–water partition coefficient (Wildman–Crippen LogP) is 3.37. The van der Waals surface area contributed by atoms with Crippen molar-refractivity contribution in [2.75, 3.05) is 12.4 Å². The monoisotopic (exact) mass is 276 g/mol. The van der Waals surface area contributed by atoms with Gasteiger partial charge in [0.25, 0.3) is 0 Å². The van der Waals surface area contributed by atoms with Gasteiger partial charge in [0.15, 0.2) is 5.17 Å². The van der Waals surface area contributed by atoms with Crippen LogP contribution in [0.4, 0.5) is 0 Å². The maximum Gasteiger partial charge on any atom is 0.157 e. The molecular weight excluding hydrogens is 256 g/mol. The maximum absolute atomic E-state index is 5.69. The Balaban J connectivity index is 1.80. The molecule has 1 saturated heterocycles. The Morgan fingerprint density at radius 1 is 1.47 bits per heavy atom. The Kier molecular flexibility index (Phi) is 3.44. The molecule has 3 rings (SSSR count). The zero-order valence-corrected chi connectivity index (χ0v) is 12.3. The van der Waals surface area contributed by atoms with E-state index in [1.807, 2.05) is 23.9 Å². The molecule has 2 aliphatic heterocycles. The molecular formula is C15H20N2OS. The van der Waals surface area contributed by atoms with E-state index in [1.54, 1.807) is 0 Å². The highest BCUT2D eigenvalue weighted by atomic mass is 32.2. The zero-order chi connectivity index (χ0) is 13.3. The average molecular weight is 276 g/mol. The Labute approximate surface area is 118 Å². The first-order valence-corrected chi connectivity index (χ1v) is 7.89. The highest BCUT2D eigenvalue weighted by Gasteiger charge is 2.29. The van der Waals surface area contributed by atoms with Crippen LogP contribution < -0.4 is 10.1 Å². The number of aliphatic imine (C=N–C) groups is 1. The lowest BCUT2D eigenvalue weighted by Crippen LogP contribution is -2.48. The van der Waals surface area contributed by atoms with Crippen molar-refractivity contribution in [3.8, 4) is 5.75 Å². The van der Waals surface area contributed by atoms with Crippen LogP contribution in [-0.4, -0.2) is 23.1 Å². The van der Waals surface area contributed by atoms with Crippen molar-refractivity contribution < 1.29 is 4.74 Å². The van der Waals surface area contributed by atoms with Gasteiger partial charge in [-0.3, -0.25) is 4.99 Å². The van der Waals surface area contributed by atoms with E-state index >= 15 is 0 Å². The minimum absolute atomic E-state index is 0.144. The molecule has 2 atom stereocenters. The summed E-state index contributed by atoms with van der Waals surface area (Å²) in [6.07, 6.45) is 2.33. The Bertz CT molecular complexity index is 503. The second-order valence-electron chi connectivity index (χ2n) is 5.44. The minimum Gasteiger partial charge on any atom is -0.491 e. The predicted molar refractivity (Wildman–Crippen MR) is 81.0 cm³/mol. The maximum atomic E-state index is 5.69. The van der Waals surface area contributed by atoms with Gasteiger partial charge in [-0.2, -0.15) is 0 Å². The summed E-state index contributed by atoms with van der Waals surface area (Å²) in [4.78, 5) is 4.86. The van der Waals surface area contributed by atoms with Gasteiger partial charge in [-0.1, -0.05) is 36.9 Å². The van der Waals surface area contributed by atoms with Crippen LogP contribution in [-0.2, 0) is 0 Å². The van der Waals surface area contributed by atoms with Gasteiger partial charge in [0, 0.05) is 16.9 Å². The van der Waals surface area contributed by atoms with Gasteiger partial charge in [0.05, 0.1) is 0 Å². The Morgan fingerprint density at radius 3 is 3.16 bits per heavy atom. The molecule has 0 aromatic heterocycles. The average Bonchev–Trinajstić information content (AvgIpc) is 2.83. The SMILES string of the molecule is CCC1(C)CCSC(=NC2COc3ccccc32)N1. The number of nitrogens with zero attached hydrogens (tertiary/aromatic N) is 1. The number of para-hydroxylation sites is 1. The summed E-state index contributed by atoms with van der Waals surface area (Å²) in [6.45, 7) is 5.17. The van der Waals surface area contributed by atoms with Gasteiger partial charge in [0.2, 0.25) is 0 Å². The van der Waals surface area contributed by atoms with Crippen LogP contribution in [0.15, 0.2) is 29.3 Å². The Morgan fingerprint density at radius 2 is 2.32 bits per heavy atom. The van der Waals surface area contributed by atoms with Crippen LogP contribution in [0.3, 0.4) is 0 Å². The van der Waals surface area contributed by atoms with E-state index in [-0.39, 0.29) is 11.6 Å². The third kappa shape index (κ3) is 2.59. The van der Waals surface area contributed by atoms with Crippen molar-refractivity contribution in [1.29, 1.82) is 0 Å². The highest BCUT2D eigenvalue weighted by molar-refractivity contribution is 8.13. The van der Waals surface area contributed by atoms with Gasteiger partial charge >= 0.3 is 0 Å². The van der Waals surface area contributed by atoms with Crippen LogP contribution in [0.1, 0.15) is 38.3 Å². The second kappa shape index (κ2) is 5.08. The fourth-order valence-electron chi connectivity index (χ4n) is 2.46. The van der Waals surface area contributed by atoms with E-state index in [1.165, 1.54) is 12.0 Å². The lowest BCUT2D eigenvalue weighted by atomic mass is 9.96. The third-order valence-corrected chi connectivity index (χ3v) is 4.92. The van der Waals surface area contributed by atoms with E-state index < -0.39 is 0 Å². The van der Waals surface area contributed by atoms with Gasteiger partial charge in [-0.25, -0.2) is 0 Å². The molecule has 2 unspecified atom stereocenters. The largest absolute Gasteiger partial charge is 0.491 e. The standard InChI is InChI=1S/C15H20N2OS/c1-3-15(2)8-9-19-14(17-15)16-12-10-18-13-7-5-4-6-11(12)13/h4-7,12H,3,8-10H2,1-2H3,(H,16,17). The summed E-state index contributed by atoms with van der Waals surface area (Å²) in [5.41, 5.74) is 1.41. The number of rotatable bonds is 2. The molecule has 1 aromatic carbocycles. The quantitative estimate of drug-likeness (QED) is 0.899. The summed E-state index contributed by atoms with van der Waals surface area (Å²) in [6, 6.07) is 8.34. The second-order valence-corrected chi connectivity index (χ2v) is 6.52. The summed E-state index contributed by atoms with van der Waals surface area (Å²) < 4.78 is 5.69. The van der Waals surface area contributed by atoms with Crippen molar-refractivity contribution in [1.82, 2.24) is 5.32 Å². The van der Waals surface area contributed by atoms with E-state index in [0.29, 0.717) is 6.61 Å². The molecule has 2 heterocycles. The number of hydrogen-bond acceptors (Lipinski definition) is 3. The van der Waals surface area contributed by atoms with E-state index in [2.05, 4.69) is 31.3 Å². The molecule has 0 radical (unpaired) electrons. The number of fused-ring (bicyclic) bond motifs is 1. The number of amidine groups is 1. The third-order valence-electron chi connectivity index (χ3n) is 4.03. The highest BCUT2D eigenvalue weighted by Crippen LogP contribution is 2.35. The van der Waals surface area contributed by atoms with Crippen LogP contribution in [0.2, 0.25) is 0 Å². The van der Waals surface area contributed by atoms with Crippen LogP contribution >= 0.6 is 11.8 Å². The number of thioether (sulfide) groups is 1. The number of hydrogen-bond donors (Lipinski definition) is 1. The molecule has 1 aromatic rings. The molecule has 19 heavy (non-hydrogen) atoms. The molecule has 0 saturated carbocycles. The summed E-state index contributed by atoms with van der Waals surface area (Å²) in [5.74, 6) is 2.13. The van der Waals surface area contributed by atoms with Gasteiger partial charge in [0.1, 0.15) is 18.4 Å². The van der Waals surface area contributed by atoms with E-state index in [4.69, 9.17) is 9.73 Å². The van der Waals surface area contributed by atoms with Crippen molar-refractivity contribution >= 4 is 16.9 Å². The van der Waals surface area contributed by atoms with Gasteiger partial charge in [-0.05, 0) is 25.8 Å². The number of benzene rings is 1. The van der Waals surface area contributed by atoms with Crippen LogP contribution in [0, 0.1) is 0 Å². The molecule has 1 N–H and O–H groups in total. The van der Waals surface area contributed by atoms with Crippen LogP contribution in [0.5, 0.6) is 5.75 Å². The molecule has 0 spiro atoms. The Hall–Kier alpha value is -1.16. The molecule has 102 valence electrons. The van der Waals surface area contributed by atoms with Gasteiger partial charge < -0.3 is 10.1 Å². The van der Waals surface area contributed by atoms with E-state index in [9.17, 15) is 0 Å². The van der Waals surface area contributed by atoms with Crippen molar-refractivity contribution in [2.24, 2.45) is 4.99 Å². The fraction of sp³-hybridized carbons (Fsp3) is 0.533. The molecule has 0 aliphatic carbocycles. The molecule has 0 bridgehead atoms. The zero-order valence-electron chi connectivity index (χ0n) is 11.5. The topological polar surface area (TPSA) is 33.6 Å². The minimum atomic E-state index is 0.144. The molecule has 2 aliphatic rings. The first-order valence-electron chi connectivity index (χ1n) is 6.91. The lowest BCUT2D eigenvalue weighted by molar-refractivity contribution is 0.332. The van der Waals surface area contributed by atoms with Crippen molar-refractivity contribution in [3.63, 3.8) is 0 Å². The van der Waals surface area contributed by atoms with Crippen LogP contribution in [0.25, 0.3) is 0 Å². The molecule has 4 heteroatoms. The fourth-order valence-corrected chi connectivity index (χ4v) is 3.72. The van der Waals surface area contributed by atoms with E-state index in [0.717, 1.165) is 23.1 Å². The molecule has 1 fully saturated rings. The van der Waals surface area contributed by atoms with Gasteiger partial charge in [-0.15, -0.1) is 0 Å². The first-order chi connectivity index (χ1) is 9.20. The van der Waals surface area contributed by atoms with Crippen molar-refractivity contribution in [3.05, 3.63) is 29.8 Å². The summed E-state index contributed by atoms with van der Waals surface area (Å²) in [5, 5.41) is 4.66. The summed E-state index contributed by atoms with van der Waals surface area (Å²) in [7, 11) is 0. The molecule has 3 nitrogen and oxygen atoms in total. The van der Waals surface area contributed by atoms with Crippen molar-refractivity contribution in [2.45, 2.75) is 38.3 Å². The lowest BCUT2D eigenvalue weighted by Gasteiger charge is -2.35.